The zero-order valence-electron chi connectivity index (χ0n) is 21.7. The first kappa shape index (κ1) is 26.9. The van der Waals surface area contributed by atoms with Crippen molar-refractivity contribution in [1.29, 1.82) is 0 Å². The van der Waals surface area contributed by atoms with E-state index in [0.717, 1.165) is 12.8 Å². The molecule has 2 saturated heterocycles. The lowest BCUT2D eigenvalue weighted by molar-refractivity contribution is -0.160. The van der Waals surface area contributed by atoms with E-state index < -0.39 is 35.0 Å². The average molecular weight is 543 g/mol. The molecule has 5 rings (SSSR count). The van der Waals surface area contributed by atoms with Crippen molar-refractivity contribution in [3.63, 3.8) is 0 Å². The first-order chi connectivity index (χ1) is 18.4. The molecule has 4 heterocycles. The molecule has 4 aliphatic heterocycles. The number of unbranched alkanes of at least 4 members (excludes halogenated alkanes) is 3. The third-order valence-corrected chi connectivity index (χ3v) is 8.60. The van der Waals surface area contributed by atoms with Gasteiger partial charge in [0.05, 0.1) is 12.5 Å². The number of benzene rings is 1. The van der Waals surface area contributed by atoms with E-state index in [-0.39, 0.29) is 25.0 Å². The monoisotopic (exact) mass is 542 g/mol. The second-order valence-corrected chi connectivity index (χ2v) is 10.9. The fourth-order valence-corrected chi connectivity index (χ4v) is 6.69. The Bertz CT molecular complexity index is 1140. The summed E-state index contributed by atoms with van der Waals surface area (Å²) in [6, 6.07) is 6.12. The molecule has 1 aromatic carbocycles. The Kier molecular flexibility index (Phi) is 7.67. The first-order valence-corrected chi connectivity index (χ1v) is 14.0. The molecule has 0 aromatic heterocycles. The molecule has 38 heavy (non-hydrogen) atoms. The minimum Gasteiger partial charge on any atom is -0.465 e. The van der Waals surface area contributed by atoms with Gasteiger partial charge in [0.1, 0.15) is 23.2 Å². The fourth-order valence-electron chi connectivity index (χ4n) is 6.57. The summed E-state index contributed by atoms with van der Waals surface area (Å²) in [5.41, 5.74) is -1.66. The highest BCUT2D eigenvalue weighted by molar-refractivity contribution is 6.30. The van der Waals surface area contributed by atoms with E-state index >= 15 is 0 Å². The zero-order chi connectivity index (χ0) is 26.9. The number of carbonyl (C=O) groups excluding carboxylic acids is 3. The van der Waals surface area contributed by atoms with Gasteiger partial charge in [-0.05, 0) is 49.9 Å². The van der Waals surface area contributed by atoms with E-state index in [0.29, 0.717) is 49.5 Å². The lowest BCUT2D eigenvalue weighted by Crippen LogP contribution is -2.56. The number of hydrogen-bond acceptors (Lipinski definition) is 6. The van der Waals surface area contributed by atoms with Crippen LogP contribution in [-0.2, 0) is 23.9 Å². The normalized spacial score (nSPS) is 32.4. The lowest BCUT2D eigenvalue weighted by atomic mass is 9.73. The van der Waals surface area contributed by atoms with Crippen LogP contribution in [0.4, 0.5) is 5.69 Å². The zero-order valence-corrected chi connectivity index (χ0v) is 22.4. The number of hydrogen-bond donors (Lipinski definition) is 1. The van der Waals surface area contributed by atoms with Crippen LogP contribution in [0, 0.1) is 11.8 Å². The Morgan fingerprint density at radius 3 is 2.50 bits per heavy atom. The fraction of sp³-hybridized carbons (Fsp3) is 0.552. The van der Waals surface area contributed by atoms with Gasteiger partial charge in [-0.25, -0.2) is 0 Å². The van der Waals surface area contributed by atoms with E-state index in [1.807, 2.05) is 31.2 Å². The molecule has 1 spiro atoms. The molecule has 2 amide bonds. The van der Waals surface area contributed by atoms with Crippen LogP contribution >= 0.6 is 11.6 Å². The molecule has 9 heteroatoms. The standard InChI is InChI=1S/C29H35ClN2O6/c1-2-28-14-5-8-19-37-27(36)23(28)22-25(34)32(16-6-3-4-7-18-33)24-26(35)31(17-9-15-29(22,24)38-28)21-12-10-20(30)11-13-21/h5,9-15,22-24,33H,2-4,6-8,16-19H2,1H3/t22-,23+,24?,28-,29-/m0/s1. The van der Waals surface area contributed by atoms with E-state index in [1.54, 1.807) is 34.1 Å². The largest absolute Gasteiger partial charge is 0.465 e. The van der Waals surface area contributed by atoms with Gasteiger partial charge in [0.15, 0.2) is 0 Å². The van der Waals surface area contributed by atoms with Crippen LogP contribution < -0.4 is 4.90 Å². The maximum absolute atomic E-state index is 14.4. The highest BCUT2D eigenvalue weighted by atomic mass is 35.5. The molecular weight excluding hydrogens is 508 g/mol. The van der Waals surface area contributed by atoms with Crippen molar-refractivity contribution in [3.05, 3.63) is 53.6 Å². The van der Waals surface area contributed by atoms with Gasteiger partial charge < -0.3 is 24.4 Å². The van der Waals surface area contributed by atoms with Crippen molar-refractivity contribution < 1.29 is 29.0 Å². The number of anilines is 1. The Morgan fingerprint density at radius 1 is 1.00 bits per heavy atom. The van der Waals surface area contributed by atoms with Crippen LogP contribution in [0.3, 0.4) is 0 Å². The van der Waals surface area contributed by atoms with Crippen LogP contribution in [0.5, 0.6) is 0 Å². The smallest absolute Gasteiger partial charge is 0.313 e. The molecule has 1 aromatic rings. The van der Waals surface area contributed by atoms with Gasteiger partial charge in [-0.15, -0.1) is 0 Å². The maximum atomic E-state index is 14.4. The second-order valence-electron chi connectivity index (χ2n) is 10.5. The predicted octanol–water partition coefficient (Wildman–Crippen LogP) is 3.66. The number of aliphatic hydroxyl groups excluding tert-OH is 1. The van der Waals surface area contributed by atoms with E-state index in [4.69, 9.17) is 26.2 Å². The van der Waals surface area contributed by atoms with Gasteiger partial charge >= 0.3 is 5.97 Å². The van der Waals surface area contributed by atoms with Gasteiger partial charge in [0.2, 0.25) is 5.91 Å². The van der Waals surface area contributed by atoms with Crippen molar-refractivity contribution >= 4 is 35.1 Å². The van der Waals surface area contributed by atoms with Crippen molar-refractivity contribution in [2.75, 3.05) is 31.2 Å². The van der Waals surface area contributed by atoms with E-state index in [2.05, 4.69) is 0 Å². The molecule has 0 radical (unpaired) electrons. The summed E-state index contributed by atoms with van der Waals surface area (Å²) in [7, 11) is 0. The van der Waals surface area contributed by atoms with Gasteiger partial charge in [0.25, 0.3) is 5.91 Å². The molecule has 2 fully saturated rings. The molecule has 204 valence electrons. The number of likely N-dealkylation sites (tertiary alicyclic amines) is 1. The number of esters is 1. The van der Waals surface area contributed by atoms with Crippen molar-refractivity contribution in [3.8, 4) is 0 Å². The number of cyclic esters (lactones) is 1. The molecule has 1 N–H and O–H groups in total. The van der Waals surface area contributed by atoms with Crippen LogP contribution in [0.1, 0.15) is 45.4 Å². The minimum atomic E-state index is -1.30. The Hall–Kier alpha value is -2.68. The predicted molar refractivity (Wildman–Crippen MR) is 143 cm³/mol. The average Bonchev–Trinajstić information content (AvgIpc) is 3.25. The summed E-state index contributed by atoms with van der Waals surface area (Å²) < 4.78 is 12.5. The van der Waals surface area contributed by atoms with Gasteiger partial charge in [-0.3, -0.25) is 14.4 Å². The summed E-state index contributed by atoms with van der Waals surface area (Å²) >= 11 is 6.10. The summed E-state index contributed by atoms with van der Waals surface area (Å²) in [5.74, 6) is -2.67. The number of halogens is 1. The Labute approximate surface area is 228 Å². The molecule has 5 atom stereocenters. The van der Waals surface area contributed by atoms with Gasteiger partial charge in [-0.2, -0.15) is 0 Å². The second kappa shape index (κ2) is 10.8. The minimum absolute atomic E-state index is 0.125. The number of carbonyl (C=O) groups is 3. The highest BCUT2D eigenvalue weighted by Gasteiger charge is 2.75. The number of fused-ring (bicyclic) bond motifs is 2. The molecule has 0 aliphatic carbocycles. The highest BCUT2D eigenvalue weighted by Crippen LogP contribution is 2.58. The molecule has 8 nitrogen and oxygen atoms in total. The molecule has 1 unspecified atom stereocenters. The van der Waals surface area contributed by atoms with Gasteiger partial charge in [-0.1, -0.05) is 55.7 Å². The van der Waals surface area contributed by atoms with E-state index in [1.165, 1.54) is 0 Å². The number of ether oxygens (including phenoxy) is 2. The van der Waals surface area contributed by atoms with Crippen LogP contribution in [0.25, 0.3) is 0 Å². The number of aliphatic hydroxyl groups is 1. The maximum Gasteiger partial charge on any atom is 0.313 e. The SMILES string of the molecule is CC[C@]12C=CCCOC(=O)[C@H]1[C@H]1C(=O)N(CCCCCCO)C3C(=O)N(c4ccc(Cl)cc4)CC=C[C@@]31O2. The quantitative estimate of drug-likeness (QED) is 0.306. The molecular formula is C29H35ClN2O6. The third kappa shape index (κ3) is 4.36. The van der Waals surface area contributed by atoms with Crippen LogP contribution in [-0.4, -0.2) is 71.3 Å². The van der Waals surface area contributed by atoms with Gasteiger partial charge in [0, 0.05) is 30.4 Å². The Morgan fingerprint density at radius 2 is 1.76 bits per heavy atom. The van der Waals surface area contributed by atoms with Crippen LogP contribution in [0.2, 0.25) is 5.02 Å². The molecule has 0 bridgehead atoms. The summed E-state index contributed by atoms with van der Waals surface area (Å²) in [6.07, 6.45) is 11.6. The summed E-state index contributed by atoms with van der Waals surface area (Å²) in [4.78, 5) is 45.3. The van der Waals surface area contributed by atoms with Crippen molar-refractivity contribution in [2.45, 2.75) is 62.7 Å². The van der Waals surface area contributed by atoms with E-state index in [9.17, 15) is 14.4 Å². The molecule has 0 saturated carbocycles. The van der Waals surface area contributed by atoms with Crippen molar-refractivity contribution in [1.82, 2.24) is 4.90 Å². The van der Waals surface area contributed by atoms with Crippen LogP contribution in [0.15, 0.2) is 48.6 Å². The lowest BCUT2D eigenvalue weighted by Gasteiger charge is -2.38. The number of rotatable bonds is 8. The molecule has 4 aliphatic rings. The first-order valence-electron chi connectivity index (χ1n) is 13.6. The third-order valence-electron chi connectivity index (χ3n) is 8.35. The Balaban J connectivity index is 1.58. The number of amides is 2. The van der Waals surface area contributed by atoms with Crippen molar-refractivity contribution in [2.24, 2.45) is 11.8 Å². The topological polar surface area (TPSA) is 96.4 Å². The summed E-state index contributed by atoms with van der Waals surface area (Å²) in [5, 5.41) is 9.70. The summed E-state index contributed by atoms with van der Waals surface area (Å²) in [6.45, 7) is 2.97. The number of nitrogens with zero attached hydrogens (tertiary/aromatic N) is 2.